The maximum atomic E-state index is 5.91. The molecule has 2 rings (SSSR count). The molecule has 1 heterocycles. The summed E-state index contributed by atoms with van der Waals surface area (Å²) in [5.74, 6) is 2.59. The summed E-state index contributed by atoms with van der Waals surface area (Å²) in [4.78, 5) is 4.44. The Bertz CT molecular complexity index is 374. The average molecular weight is 235 g/mol. The zero-order valence-electron chi connectivity index (χ0n) is 10.4. The molecule has 1 aliphatic rings. The molecular formula is C13H21N3O. The SMILES string of the molecule is C=CCC(N)c1nc(C2CCCC(C)C2)no1. The van der Waals surface area contributed by atoms with E-state index in [2.05, 4.69) is 23.6 Å². The third-order valence-electron chi connectivity index (χ3n) is 3.50. The van der Waals surface area contributed by atoms with Crippen LogP contribution in [0, 0.1) is 5.92 Å². The smallest absolute Gasteiger partial charge is 0.243 e. The largest absolute Gasteiger partial charge is 0.338 e. The van der Waals surface area contributed by atoms with Crippen molar-refractivity contribution in [3.63, 3.8) is 0 Å². The van der Waals surface area contributed by atoms with Crippen LogP contribution in [0.1, 0.15) is 62.7 Å². The summed E-state index contributed by atoms with van der Waals surface area (Å²) >= 11 is 0. The molecule has 1 saturated carbocycles. The quantitative estimate of drug-likeness (QED) is 0.815. The number of hydrogen-bond acceptors (Lipinski definition) is 4. The molecule has 1 aliphatic carbocycles. The van der Waals surface area contributed by atoms with Gasteiger partial charge in [0.15, 0.2) is 5.82 Å². The zero-order valence-corrected chi connectivity index (χ0v) is 10.4. The van der Waals surface area contributed by atoms with Gasteiger partial charge in [-0.3, -0.25) is 0 Å². The van der Waals surface area contributed by atoms with Crippen LogP contribution in [0.2, 0.25) is 0 Å². The second kappa shape index (κ2) is 5.45. The third-order valence-corrected chi connectivity index (χ3v) is 3.50. The molecule has 0 aliphatic heterocycles. The topological polar surface area (TPSA) is 64.9 Å². The first-order valence-corrected chi connectivity index (χ1v) is 6.40. The normalized spacial score (nSPS) is 26.7. The molecule has 0 saturated heterocycles. The van der Waals surface area contributed by atoms with Crippen molar-refractivity contribution in [2.24, 2.45) is 11.7 Å². The van der Waals surface area contributed by atoms with Gasteiger partial charge in [0.05, 0.1) is 6.04 Å². The molecule has 2 N–H and O–H groups in total. The highest BCUT2D eigenvalue weighted by Crippen LogP contribution is 2.34. The van der Waals surface area contributed by atoms with E-state index in [1.807, 2.05) is 0 Å². The van der Waals surface area contributed by atoms with Gasteiger partial charge in [0.2, 0.25) is 5.89 Å². The molecule has 0 amide bonds. The lowest BCUT2D eigenvalue weighted by Gasteiger charge is -2.23. The minimum Gasteiger partial charge on any atom is -0.338 e. The van der Waals surface area contributed by atoms with Gasteiger partial charge in [-0.05, 0) is 25.2 Å². The lowest BCUT2D eigenvalue weighted by Crippen LogP contribution is -2.13. The maximum Gasteiger partial charge on any atom is 0.243 e. The Hall–Kier alpha value is -1.16. The van der Waals surface area contributed by atoms with Crippen molar-refractivity contribution in [3.8, 4) is 0 Å². The van der Waals surface area contributed by atoms with Gasteiger partial charge in [-0.25, -0.2) is 0 Å². The first-order chi connectivity index (χ1) is 8.20. The molecule has 17 heavy (non-hydrogen) atoms. The summed E-state index contributed by atoms with van der Waals surface area (Å²) in [5, 5.41) is 4.08. The van der Waals surface area contributed by atoms with Crippen LogP contribution in [-0.2, 0) is 0 Å². The van der Waals surface area contributed by atoms with Gasteiger partial charge in [-0.2, -0.15) is 4.98 Å². The van der Waals surface area contributed by atoms with Crippen molar-refractivity contribution in [1.82, 2.24) is 10.1 Å². The molecule has 4 heteroatoms. The Kier molecular flexibility index (Phi) is 3.94. The van der Waals surface area contributed by atoms with Gasteiger partial charge >= 0.3 is 0 Å². The molecule has 0 bridgehead atoms. The zero-order chi connectivity index (χ0) is 12.3. The fraction of sp³-hybridized carbons (Fsp3) is 0.692. The predicted octanol–water partition coefficient (Wildman–Crippen LogP) is 2.94. The molecule has 1 aromatic heterocycles. The monoisotopic (exact) mass is 235 g/mol. The van der Waals surface area contributed by atoms with Crippen LogP contribution in [0.5, 0.6) is 0 Å². The van der Waals surface area contributed by atoms with Gasteiger partial charge in [0.1, 0.15) is 0 Å². The fourth-order valence-corrected chi connectivity index (χ4v) is 2.51. The van der Waals surface area contributed by atoms with E-state index in [9.17, 15) is 0 Å². The van der Waals surface area contributed by atoms with Crippen molar-refractivity contribution in [2.45, 2.75) is 51.0 Å². The summed E-state index contributed by atoms with van der Waals surface area (Å²) in [6.07, 6.45) is 7.35. The van der Waals surface area contributed by atoms with Crippen LogP contribution in [0.15, 0.2) is 17.2 Å². The van der Waals surface area contributed by atoms with E-state index in [0.29, 0.717) is 18.2 Å². The highest BCUT2D eigenvalue weighted by Gasteiger charge is 2.25. The summed E-state index contributed by atoms with van der Waals surface area (Å²) < 4.78 is 5.23. The van der Waals surface area contributed by atoms with Crippen molar-refractivity contribution < 1.29 is 4.52 Å². The Morgan fingerprint density at radius 3 is 3.12 bits per heavy atom. The first-order valence-electron chi connectivity index (χ1n) is 6.40. The van der Waals surface area contributed by atoms with Gasteiger partial charge < -0.3 is 10.3 Å². The second-order valence-electron chi connectivity index (χ2n) is 5.09. The van der Waals surface area contributed by atoms with Gasteiger partial charge in [0.25, 0.3) is 0 Å². The number of nitrogens with two attached hydrogens (primary N) is 1. The first kappa shape index (κ1) is 12.3. The van der Waals surface area contributed by atoms with E-state index in [0.717, 1.165) is 18.2 Å². The second-order valence-corrected chi connectivity index (χ2v) is 5.09. The Labute approximate surface area is 102 Å². The maximum absolute atomic E-state index is 5.91. The molecule has 0 aromatic carbocycles. The van der Waals surface area contributed by atoms with Crippen molar-refractivity contribution in [3.05, 3.63) is 24.4 Å². The Morgan fingerprint density at radius 2 is 2.41 bits per heavy atom. The average Bonchev–Trinajstić information content (AvgIpc) is 2.78. The van der Waals surface area contributed by atoms with Crippen LogP contribution in [0.4, 0.5) is 0 Å². The lowest BCUT2D eigenvalue weighted by molar-refractivity contribution is 0.316. The standard InChI is InChI=1S/C13H21N3O/c1-3-5-11(14)13-15-12(16-17-13)10-7-4-6-9(2)8-10/h3,9-11H,1,4-8,14H2,2H3. The summed E-state index contributed by atoms with van der Waals surface area (Å²) in [7, 11) is 0. The van der Waals surface area contributed by atoms with Crippen molar-refractivity contribution in [2.75, 3.05) is 0 Å². The van der Waals surface area contributed by atoms with Gasteiger partial charge in [-0.1, -0.05) is 31.0 Å². The highest BCUT2D eigenvalue weighted by molar-refractivity contribution is 5.00. The lowest BCUT2D eigenvalue weighted by atomic mass is 9.82. The van der Waals surface area contributed by atoms with Crippen LogP contribution >= 0.6 is 0 Å². The Balaban J connectivity index is 2.04. The van der Waals surface area contributed by atoms with E-state index in [4.69, 9.17) is 10.3 Å². The number of hydrogen-bond donors (Lipinski definition) is 1. The summed E-state index contributed by atoms with van der Waals surface area (Å²) in [6, 6.07) is -0.213. The molecule has 1 fully saturated rings. The Morgan fingerprint density at radius 1 is 1.59 bits per heavy atom. The van der Waals surface area contributed by atoms with Crippen molar-refractivity contribution >= 4 is 0 Å². The highest BCUT2D eigenvalue weighted by atomic mass is 16.5. The predicted molar refractivity (Wildman–Crippen MR) is 66.4 cm³/mol. The minimum absolute atomic E-state index is 0.213. The summed E-state index contributed by atoms with van der Waals surface area (Å²) in [5.41, 5.74) is 5.91. The van der Waals surface area contributed by atoms with E-state index >= 15 is 0 Å². The van der Waals surface area contributed by atoms with Gasteiger partial charge in [-0.15, -0.1) is 6.58 Å². The molecule has 3 atom stereocenters. The summed E-state index contributed by atoms with van der Waals surface area (Å²) in [6.45, 7) is 5.95. The molecule has 0 spiro atoms. The molecular weight excluding hydrogens is 214 g/mol. The van der Waals surface area contributed by atoms with E-state index in [1.54, 1.807) is 6.08 Å². The number of rotatable bonds is 4. The van der Waals surface area contributed by atoms with Gasteiger partial charge in [0, 0.05) is 5.92 Å². The fourth-order valence-electron chi connectivity index (χ4n) is 2.51. The van der Waals surface area contributed by atoms with E-state index in [1.165, 1.54) is 19.3 Å². The molecule has 4 nitrogen and oxygen atoms in total. The molecule has 94 valence electrons. The minimum atomic E-state index is -0.213. The number of nitrogens with zero attached hydrogens (tertiary/aromatic N) is 2. The van der Waals surface area contributed by atoms with Crippen LogP contribution in [0.25, 0.3) is 0 Å². The van der Waals surface area contributed by atoms with Crippen LogP contribution in [-0.4, -0.2) is 10.1 Å². The van der Waals surface area contributed by atoms with Crippen molar-refractivity contribution in [1.29, 1.82) is 0 Å². The van der Waals surface area contributed by atoms with E-state index in [-0.39, 0.29) is 6.04 Å². The van der Waals surface area contributed by atoms with Crippen LogP contribution in [0.3, 0.4) is 0 Å². The molecule has 0 radical (unpaired) electrons. The molecule has 1 aromatic rings. The third kappa shape index (κ3) is 2.94. The molecule has 3 unspecified atom stereocenters. The van der Waals surface area contributed by atoms with Crippen LogP contribution < -0.4 is 5.73 Å². The van der Waals surface area contributed by atoms with E-state index < -0.39 is 0 Å². The number of aromatic nitrogens is 2.